The van der Waals surface area contributed by atoms with E-state index in [1.165, 1.54) is 27.8 Å². The van der Waals surface area contributed by atoms with E-state index in [-0.39, 0.29) is 11.2 Å². The van der Waals surface area contributed by atoms with Crippen LogP contribution in [-0.4, -0.2) is 26.3 Å². The van der Waals surface area contributed by atoms with Crippen molar-refractivity contribution in [2.45, 2.75) is 22.9 Å². The van der Waals surface area contributed by atoms with E-state index in [9.17, 15) is 4.79 Å². The first-order valence-corrected chi connectivity index (χ1v) is 11.1. The highest BCUT2D eigenvalue weighted by molar-refractivity contribution is 8.02. The Hall–Kier alpha value is -2.49. The standard InChI is InChI=1S/C19H17N5OS3/c1-11(26-19-24-23-18(20)28-19)17(25)21-13-8-6-12(7-9-13)10-16-22-14-4-2-3-5-15(14)27-16/h2-9,11H,10H2,1H3,(H2,20,23)(H,21,25). The zero-order chi connectivity index (χ0) is 19.5. The minimum atomic E-state index is -0.297. The lowest BCUT2D eigenvalue weighted by atomic mass is 10.1. The number of thioether (sulfide) groups is 1. The van der Waals surface area contributed by atoms with Crippen molar-refractivity contribution in [2.75, 3.05) is 11.1 Å². The van der Waals surface area contributed by atoms with Gasteiger partial charge in [0.15, 0.2) is 4.34 Å². The van der Waals surface area contributed by atoms with Gasteiger partial charge in [0.2, 0.25) is 11.0 Å². The highest BCUT2D eigenvalue weighted by atomic mass is 32.2. The third-order valence-corrected chi connectivity index (χ3v) is 6.96. The number of nitrogens with zero attached hydrogens (tertiary/aromatic N) is 3. The van der Waals surface area contributed by atoms with Crippen LogP contribution in [0.3, 0.4) is 0 Å². The van der Waals surface area contributed by atoms with Gasteiger partial charge in [0, 0.05) is 12.1 Å². The predicted octanol–water partition coefficient (Wildman–Crippen LogP) is 4.44. The van der Waals surface area contributed by atoms with Gasteiger partial charge in [-0.25, -0.2) is 4.98 Å². The van der Waals surface area contributed by atoms with Gasteiger partial charge in [0.1, 0.15) is 0 Å². The van der Waals surface area contributed by atoms with Crippen LogP contribution in [0, 0.1) is 0 Å². The van der Waals surface area contributed by atoms with Crippen LogP contribution in [0.4, 0.5) is 10.8 Å². The summed E-state index contributed by atoms with van der Waals surface area (Å²) in [5.74, 6) is -0.0855. The van der Waals surface area contributed by atoms with E-state index in [1.54, 1.807) is 11.3 Å². The number of nitrogen functional groups attached to an aromatic ring is 1. The summed E-state index contributed by atoms with van der Waals surface area (Å²) >= 11 is 4.33. The first-order valence-electron chi connectivity index (χ1n) is 8.57. The molecule has 0 saturated heterocycles. The molecule has 0 bridgehead atoms. The van der Waals surface area contributed by atoms with Gasteiger partial charge in [-0.05, 0) is 36.8 Å². The molecule has 2 aromatic carbocycles. The number of carbonyl (C=O) groups is 1. The quantitative estimate of drug-likeness (QED) is 0.442. The summed E-state index contributed by atoms with van der Waals surface area (Å²) in [5.41, 5.74) is 8.53. The zero-order valence-electron chi connectivity index (χ0n) is 15.0. The second-order valence-electron chi connectivity index (χ2n) is 6.10. The topological polar surface area (TPSA) is 93.8 Å². The molecular formula is C19H17N5OS3. The van der Waals surface area contributed by atoms with Crippen LogP contribution < -0.4 is 11.1 Å². The molecule has 0 radical (unpaired) electrons. The Kier molecular flexibility index (Phi) is 5.56. The number of rotatable bonds is 6. The monoisotopic (exact) mass is 427 g/mol. The number of nitrogens with one attached hydrogen (secondary N) is 1. The molecule has 2 heterocycles. The zero-order valence-corrected chi connectivity index (χ0v) is 17.4. The fraction of sp³-hybridized carbons (Fsp3) is 0.158. The Morgan fingerprint density at radius 2 is 1.93 bits per heavy atom. The van der Waals surface area contributed by atoms with Crippen LogP contribution in [0.1, 0.15) is 17.5 Å². The Morgan fingerprint density at radius 1 is 1.14 bits per heavy atom. The summed E-state index contributed by atoms with van der Waals surface area (Å²) < 4.78 is 1.89. The maximum atomic E-state index is 12.4. The molecule has 0 aliphatic carbocycles. The molecule has 3 N–H and O–H groups in total. The number of para-hydroxylation sites is 1. The van der Waals surface area contributed by atoms with E-state index < -0.39 is 0 Å². The van der Waals surface area contributed by atoms with Gasteiger partial charge in [0.05, 0.1) is 20.5 Å². The second kappa shape index (κ2) is 8.26. The number of carbonyl (C=O) groups excluding carboxylic acids is 1. The van der Waals surface area contributed by atoms with Crippen LogP contribution in [0.25, 0.3) is 10.2 Å². The van der Waals surface area contributed by atoms with Crippen molar-refractivity contribution in [3.63, 3.8) is 0 Å². The summed E-state index contributed by atoms with van der Waals surface area (Å²) in [6.45, 7) is 1.83. The number of amides is 1. The van der Waals surface area contributed by atoms with Crippen molar-refractivity contribution in [3.8, 4) is 0 Å². The Morgan fingerprint density at radius 3 is 2.64 bits per heavy atom. The highest BCUT2D eigenvalue weighted by Gasteiger charge is 2.17. The highest BCUT2D eigenvalue weighted by Crippen LogP contribution is 2.28. The second-order valence-corrected chi connectivity index (χ2v) is 9.82. The van der Waals surface area contributed by atoms with Gasteiger partial charge in [-0.2, -0.15) is 0 Å². The van der Waals surface area contributed by atoms with E-state index in [0.29, 0.717) is 9.47 Å². The average molecular weight is 428 g/mol. The molecule has 0 aliphatic heterocycles. The third kappa shape index (κ3) is 4.49. The predicted molar refractivity (Wildman–Crippen MR) is 117 cm³/mol. The Balaban J connectivity index is 1.36. The van der Waals surface area contributed by atoms with Gasteiger partial charge in [-0.1, -0.05) is 47.4 Å². The van der Waals surface area contributed by atoms with E-state index in [0.717, 1.165) is 28.2 Å². The number of nitrogens with two attached hydrogens (primary N) is 1. The summed E-state index contributed by atoms with van der Waals surface area (Å²) in [5, 5.41) is 11.8. The minimum absolute atomic E-state index is 0.0855. The lowest BCUT2D eigenvalue weighted by molar-refractivity contribution is -0.115. The molecule has 9 heteroatoms. The molecule has 0 fully saturated rings. The first kappa shape index (κ1) is 18.9. The van der Waals surface area contributed by atoms with Crippen molar-refractivity contribution >= 4 is 61.4 Å². The van der Waals surface area contributed by atoms with E-state index in [2.05, 4.69) is 26.6 Å². The number of hydrogen-bond acceptors (Lipinski definition) is 8. The van der Waals surface area contributed by atoms with Gasteiger partial charge in [-0.15, -0.1) is 21.5 Å². The van der Waals surface area contributed by atoms with E-state index in [1.807, 2.05) is 49.4 Å². The lowest BCUT2D eigenvalue weighted by Crippen LogP contribution is -2.22. The molecule has 28 heavy (non-hydrogen) atoms. The van der Waals surface area contributed by atoms with Crippen molar-refractivity contribution in [1.29, 1.82) is 0 Å². The molecule has 6 nitrogen and oxygen atoms in total. The smallest absolute Gasteiger partial charge is 0.237 e. The number of fused-ring (bicyclic) bond motifs is 1. The number of hydrogen-bond donors (Lipinski definition) is 2. The summed E-state index contributed by atoms with van der Waals surface area (Å²) in [4.78, 5) is 17.1. The molecule has 0 aliphatic rings. The summed E-state index contributed by atoms with van der Waals surface area (Å²) in [7, 11) is 0. The molecule has 0 spiro atoms. The SMILES string of the molecule is CC(Sc1nnc(N)s1)C(=O)Nc1ccc(Cc2nc3ccccc3s2)cc1. The van der Waals surface area contributed by atoms with E-state index in [4.69, 9.17) is 5.73 Å². The fourth-order valence-corrected chi connectivity index (χ4v) is 5.37. The van der Waals surface area contributed by atoms with Gasteiger partial charge in [0.25, 0.3) is 0 Å². The molecule has 1 amide bonds. The van der Waals surface area contributed by atoms with Crippen LogP contribution in [0.2, 0.25) is 0 Å². The molecule has 2 aromatic heterocycles. The van der Waals surface area contributed by atoms with Crippen molar-refractivity contribution < 1.29 is 4.79 Å². The van der Waals surface area contributed by atoms with Crippen LogP contribution in [-0.2, 0) is 11.2 Å². The maximum Gasteiger partial charge on any atom is 0.237 e. The number of aromatic nitrogens is 3. The van der Waals surface area contributed by atoms with Crippen LogP contribution >= 0.6 is 34.4 Å². The lowest BCUT2D eigenvalue weighted by Gasteiger charge is -2.10. The van der Waals surface area contributed by atoms with Crippen molar-refractivity contribution in [1.82, 2.24) is 15.2 Å². The minimum Gasteiger partial charge on any atom is -0.374 e. The Labute approximate surface area is 174 Å². The van der Waals surface area contributed by atoms with E-state index >= 15 is 0 Å². The van der Waals surface area contributed by atoms with Gasteiger partial charge < -0.3 is 11.1 Å². The normalized spacial score (nSPS) is 12.2. The largest absolute Gasteiger partial charge is 0.374 e. The molecule has 142 valence electrons. The fourth-order valence-electron chi connectivity index (χ4n) is 2.59. The summed E-state index contributed by atoms with van der Waals surface area (Å²) in [6, 6.07) is 16.0. The molecule has 1 unspecified atom stereocenters. The van der Waals surface area contributed by atoms with Gasteiger partial charge in [-0.3, -0.25) is 4.79 Å². The van der Waals surface area contributed by atoms with Crippen LogP contribution in [0.5, 0.6) is 0 Å². The maximum absolute atomic E-state index is 12.4. The molecule has 4 rings (SSSR count). The van der Waals surface area contributed by atoms with Crippen molar-refractivity contribution in [3.05, 3.63) is 59.1 Å². The summed E-state index contributed by atoms with van der Waals surface area (Å²) in [6.07, 6.45) is 0.776. The molecule has 0 saturated carbocycles. The van der Waals surface area contributed by atoms with Gasteiger partial charge >= 0.3 is 0 Å². The average Bonchev–Trinajstić information content (AvgIpc) is 3.28. The number of thiazole rings is 1. The van der Waals surface area contributed by atoms with Crippen LogP contribution in [0.15, 0.2) is 52.9 Å². The Bertz CT molecular complexity index is 1070. The molecule has 1 atom stereocenters. The first-order chi connectivity index (χ1) is 13.6. The molecule has 4 aromatic rings. The number of anilines is 2. The van der Waals surface area contributed by atoms with Crippen molar-refractivity contribution in [2.24, 2.45) is 0 Å². The number of benzene rings is 2. The molecular weight excluding hydrogens is 410 g/mol. The third-order valence-electron chi connectivity index (χ3n) is 3.98.